The number of piperazine rings is 1. The summed E-state index contributed by atoms with van der Waals surface area (Å²) >= 11 is 0. The van der Waals surface area contributed by atoms with Crippen molar-refractivity contribution in [3.63, 3.8) is 0 Å². The molecule has 0 amide bonds. The van der Waals surface area contributed by atoms with Gasteiger partial charge >= 0.3 is 0 Å². The Morgan fingerprint density at radius 1 is 0.905 bits per heavy atom. The van der Waals surface area contributed by atoms with Crippen LogP contribution in [0.25, 0.3) is 12.2 Å². The Labute approximate surface area is 248 Å². The topological polar surface area (TPSA) is 71.2 Å². The second-order valence-electron chi connectivity index (χ2n) is 11.1. The van der Waals surface area contributed by atoms with Crippen LogP contribution in [0.5, 0.6) is 5.75 Å². The smallest absolute Gasteiger partial charge is 0.160 e. The van der Waals surface area contributed by atoms with Gasteiger partial charge in [0.2, 0.25) is 0 Å². The van der Waals surface area contributed by atoms with Crippen molar-refractivity contribution >= 4 is 12.2 Å². The van der Waals surface area contributed by atoms with Crippen molar-refractivity contribution in [1.82, 2.24) is 15.0 Å². The molecule has 0 spiro atoms. The summed E-state index contributed by atoms with van der Waals surface area (Å²) in [6.07, 6.45) is 5.38. The number of hydrogen-bond acceptors (Lipinski definition) is 7. The van der Waals surface area contributed by atoms with Gasteiger partial charge in [-0.2, -0.15) is 0 Å². The van der Waals surface area contributed by atoms with Gasteiger partial charge in [0.25, 0.3) is 0 Å². The van der Waals surface area contributed by atoms with Gasteiger partial charge < -0.3 is 19.1 Å². The molecule has 1 fully saturated rings. The number of aryl methyl sites for hydroxylation is 2. The molecule has 1 unspecified atom stereocenters. The molecule has 1 aliphatic heterocycles. The number of benzene rings is 3. The summed E-state index contributed by atoms with van der Waals surface area (Å²) in [5, 5.41) is 14.9. The number of aliphatic hydroxyl groups is 1. The maximum atomic E-state index is 10.9. The van der Waals surface area contributed by atoms with Gasteiger partial charge in [-0.05, 0) is 53.3 Å². The third-order valence-electron chi connectivity index (χ3n) is 8.25. The van der Waals surface area contributed by atoms with E-state index in [0.717, 1.165) is 56.0 Å². The van der Waals surface area contributed by atoms with Gasteiger partial charge in [0.1, 0.15) is 24.2 Å². The van der Waals surface area contributed by atoms with E-state index in [4.69, 9.17) is 14.0 Å². The lowest BCUT2D eigenvalue weighted by Crippen LogP contribution is -2.50. The van der Waals surface area contributed by atoms with Crippen LogP contribution >= 0.6 is 0 Å². The van der Waals surface area contributed by atoms with Crippen LogP contribution < -0.4 is 4.74 Å². The normalized spacial score (nSPS) is 17.1. The molecule has 0 radical (unpaired) electrons. The molecule has 0 bridgehead atoms. The number of para-hydroxylation sites is 1. The number of rotatable bonds is 10. The summed E-state index contributed by atoms with van der Waals surface area (Å²) in [4.78, 5) is 4.98. The molecule has 1 saturated heterocycles. The van der Waals surface area contributed by atoms with Gasteiger partial charge in [-0.3, -0.25) is 9.80 Å². The van der Waals surface area contributed by atoms with E-state index in [2.05, 4.69) is 63.5 Å². The fourth-order valence-corrected chi connectivity index (χ4v) is 6.17. The quantitative estimate of drug-likeness (QED) is 0.282. The molecule has 6 rings (SSSR count). The maximum Gasteiger partial charge on any atom is 0.160 e. The standard InChI is InChI=1S/C35H39N3O4/c1-40-24-29-22-31(42-36-29)17-16-28-10-4-7-13-34(28)41-25-30(39)23-37-18-20-38(21-19-37)35-32-11-5-2-8-26(32)14-15-27-9-3-6-12-33(27)35/h2-13,16-17,22,30,35,39H,14-15,18-21,23-25H2,1H3/b17-16+. The zero-order valence-corrected chi connectivity index (χ0v) is 24.2. The monoisotopic (exact) mass is 565 g/mol. The fourth-order valence-electron chi connectivity index (χ4n) is 6.17. The third kappa shape index (κ3) is 6.66. The Bertz CT molecular complexity index is 1440. The predicted molar refractivity (Wildman–Crippen MR) is 164 cm³/mol. The zero-order chi connectivity index (χ0) is 28.7. The molecule has 3 aromatic carbocycles. The van der Waals surface area contributed by atoms with Crippen molar-refractivity contribution in [3.8, 4) is 5.75 Å². The molecule has 2 heterocycles. The molecule has 0 saturated carbocycles. The maximum absolute atomic E-state index is 10.9. The third-order valence-corrected chi connectivity index (χ3v) is 8.25. The first kappa shape index (κ1) is 28.4. The number of methoxy groups -OCH3 is 1. The second-order valence-corrected chi connectivity index (χ2v) is 11.1. The number of fused-ring (bicyclic) bond motifs is 2. The van der Waals surface area contributed by atoms with Crippen molar-refractivity contribution in [2.75, 3.05) is 46.4 Å². The van der Waals surface area contributed by atoms with Gasteiger partial charge in [-0.1, -0.05) is 71.9 Å². The summed E-state index contributed by atoms with van der Waals surface area (Å²) in [6.45, 7) is 4.98. The molecular formula is C35H39N3O4. The van der Waals surface area contributed by atoms with E-state index in [0.29, 0.717) is 18.9 Å². The first-order chi connectivity index (χ1) is 20.7. The highest BCUT2D eigenvalue weighted by Crippen LogP contribution is 2.37. The minimum atomic E-state index is -0.584. The van der Waals surface area contributed by atoms with Crippen LogP contribution in [0.1, 0.15) is 45.3 Å². The highest BCUT2D eigenvalue weighted by molar-refractivity contribution is 5.70. The van der Waals surface area contributed by atoms with Crippen molar-refractivity contribution < 1.29 is 19.1 Å². The summed E-state index contributed by atoms with van der Waals surface area (Å²) in [7, 11) is 1.63. The number of aromatic nitrogens is 1. The lowest BCUT2D eigenvalue weighted by Gasteiger charge is -2.40. The molecule has 1 N–H and O–H groups in total. The summed E-state index contributed by atoms with van der Waals surface area (Å²) < 4.78 is 16.5. The second kappa shape index (κ2) is 13.5. The van der Waals surface area contributed by atoms with Crippen LogP contribution in [0.15, 0.2) is 83.4 Å². The van der Waals surface area contributed by atoms with Crippen LogP contribution in [-0.2, 0) is 24.2 Å². The van der Waals surface area contributed by atoms with Gasteiger partial charge in [-0.15, -0.1) is 0 Å². The van der Waals surface area contributed by atoms with E-state index in [1.54, 1.807) is 7.11 Å². The van der Waals surface area contributed by atoms with E-state index in [1.165, 1.54) is 22.3 Å². The van der Waals surface area contributed by atoms with Crippen molar-refractivity contribution in [3.05, 3.63) is 118 Å². The molecule has 218 valence electrons. The van der Waals surface area contributed by atoms with E-state index < -0.39 is 6.10 Å². The number of aliphatic hydroxyl groups excluding tert-OH is 1. The van der Waals surface area contributed by atoms with Crippen LogP contribution in [0, 0.1) is 0 Å². The van der Waals surface area contributed by atoms with Crippen molar-refractivity contribution in [1.29, 1.82) is 0 Å². The number of ether oxygens (including phenoxy) is 2. The highest BCUT2D eigenvalue weighted by atomic mass is 16.5. The molecule has 1 aliphatic carbocycles. The lowest BCUT2D eigenvalue weighted by molar-refractivity contribution is 0.0400. The number of β-amino-alcohol motifs (C(OH)–C–C–N with tert-alkyl or cyclic N) is 1. The molecule has 42 heavy (non-hydrogen) atoms. The zero-order valence-electron chi connectivity index (χ0n) is 24.2. The molecule has 4 aromatic rings. The number of nitrogens with zero attached hydrogens (tertiary/aromatic N) is 3. The largest absolute Gasteiger partial charge is 0.490 e. The van der Waals surface area contributed by atoms with Crippen LogP contribution in [0.4, 0.5) is 0 Å². The Morgan fingerprint density at radius 3 is 2.29 bits per heavy atom. The summed E-state index contributed by atoms with van der Waals surface area (Å²) in [5.41, 5.74) is 7.45. The van der Waals surface area contributed by atoms with Gasteiger partial charge in [0, 0.05) is 51.5 Å². The molecule has 2 aliphatic rings. The highest BCUT2D eigenvalue weighted by Gasteiger charge is 2.31. The van der Waals surface area contributed by atoms with Crippen molar-refractivity contribution in [2.24, 2.45) is 0 Å². The van der Waals surface area contributed by atoms with Crippen LogP contribution in [-0.4, -0.2) is 72.6 Å². The van der Waals surface area contributed by atoms with E-state index >= 15 is 0 Å². The molecular weight excluding hydrogens is 526 g/mol. The van der Waals surface area contributed by atoms with Gasteiger partial charge in [-0.25, -0.2) is 0 Å². The minimum Gasteiger partial charge on any atom is -0.490 e. The average molecular weight is 566 g/mol. The molecule has 7 heteroatoms. The summed E-state index contributed by atoms with van der Waals surface area (Å²) in [6, 6.07) is 27.8. The van der Waals surface area contributed by atoms with Crippen molar-refractivity contribution in [2.45, 2.75) is 31.6 Å². The Balaban J connectivity index is 1.04. The first-order valence-electron chi connectivity index (χ1n) is 14.8. The van der Waals surface area contributed by atoms with E-state index in [1.807, 2.05) is 42.5 Å². The Kier molecular flexibility index (Phi) is 9.11. The molecule has 1 aromatic heterocycles. The van der Waals surface area contributed by atoms with Gasteiger partial charge in [0.05, 0.1) is 12.6 Å². The first-order valence-corrected chi connectivity index (χ1v) is 14.8. The fraction of sp³-hybridized carbons (Fsp3) is 0.343. The summed E-state index contributed by atoms with van der Waals surface area (Å²) in [5.74, 6) is 1.37. The van der Waals surface area contributed by atoms with E-state index in [-0.39, 0.29) is 12.6 Å². The lowest BCUT2D eigenvalue weighted by atomic mass is 9.92. The average Bonchev–Trinajstić information content (AvgIpc) is 3.40. The molecule has 7 nitrogen and oxygen atoms in total. The SMILES string of the molecule is COCc1cc(/C=C/c2ccccc2OCC(O)CN2CCN(C3c4ccccc4CCc4ccccc43)CC2)on1. The predicted octanol–water partition coefficient (Wildman–Crippen LogP) is 5.24. The molecule has 1 atom stereocenters. The van der Waals surface area contributed by atoms with Gasteiger partial charge in [0.15, 0.2) is 5.76 Å². The van der Waals surface area contributed by atoms with Crippen LogP contribution in [0.3, 0.4) is 0 Å². The number of hydrogen-bond donors (Lipinski definition) is 1. The minimum absolute atomic E-state index is 0.231. The van der Waals surface area contributed by atoms with Crippen LogP contribution in [0.2, 0.25) is 0 Å². The van der Waals surface area contributed by atoms with E-state index in [9.17, 15) is 5.11 Å². The Hall–Kier alpha value is -3.75. The Morgan fingerprint density at radius 2 is 1.57 bits per heavy atom.